The lowest BCUT2D eigenvalue weighted by molar-refractivity contribution is -0.120. The Labute approximate surface area is 124 Å². The number of thiazole rings is 1. The van der Waals surface area contributed by atoms with Crippen LogP contribution in [0.1, 0.15) is 54.4 Å². The molecule has 8 heteroatoms. The second-order valence-electron chi connectivity index (χ2n) is 5.30. The standard InChI is InChI=1S/C13H17F3N2O2S/c1-3-7(2)9-10(11(19)20)21-12(17-9)18(8-4-5-8)6-13(14,15)16/h7-8H,3-6H2,1-2H3,(H,19,20). The van der Waals surface area contributed by atoms with E-state index in [1.54, 1.807) is 0 Å². The molecule has 0 amide bonds. The largest absolute Gasteiger partial charge is 0.477 e. The van der Waals surface area contributed by atoms with Gasteiger partial charge in [-0.1, -0.05) is 25.2 Å². The summed E-state index contributed by atoms with van der Waals surface area (Å²) in [5, 5.41) is 9.39. The van der Waals surface area contributed by atoms with E-state index in [1.165, 1.54) is 4.90 Å². The third-order valence-electron chi connectivity index (χ3n) is 3.50. The average Bonchev–Trinajstić information content (AvgIpc) is 3.11. The van der Waals surface area contributed by atoms with E-state index in [9.17, 15) is 23.1 Å². The zero-order valence-electron chi connectivity index (χ0n) is 11.8. The molecule has 0 aliphatic heterocycles. The molecule has 0 saturated heterocycles. The molecule has 1 fully saturated rings. The summed E-state index contributed by atoms with van der Waals surface area (Å²) in [6, 6.07) is -0.177. The number of carboxylic acid groups (broad SMARTS) is 1. The van der Waals surface area contributed by atoms with Crippen LogP contribution in [0.25, 0.3) is 0 Å². The van der Waals surface area contributed by atoms with E-state index in [4.69, 9.17) is 0 Å². The highest BCUT2D eigenvalue weighted by atomic mass is 32.1. The number of anilines is 1. The Hall–Kier alpha value is -1.31. The zero-order chi connectivity index (χ0) is 15.8. The highest BCUT2D eigenvalue weighted by Gasteiger charge is 2.40. The van der Waals surface area contributed by atoms with Gasteiger partial charge in [0.25, 0.3) is 0 Å². The molecule has 1 N–H and O–H groups in total. The van der Waals surface area contributed by atoms with Gasteiger partial charge in [-0.25, -0.2) is 9.78 Å². The first-order valence-electron chi connectivity index (χ1n) is 6.80. The molecule has 118 valence electrons. The number of halogens is 3. The molecule has 1 aliphatic rings. The summed E-state index contributed by atoms with van der Waals surface area (Å²) in [5.41, 5.74) is 0.387. The zero-order valence-corrected chi connectivity index (χ0v) is 12.6. The van der Waals surface area contributed by atoms with Crippen molar-refractivity contribution < 1.29 is 23.1 Å². The fraction of sp³-hybridized carbons (Fsp3) is 0.692. The van der Waals surface area contributed by atoms with E-state index in [-0.39, 0.29) is 22.0 Å². The van der Waals surface area contributed by atoms with Crippen LogP contribution in [0.3, 0.4) is 0 Å². The summed E-state index contributed by atoms with van der Waals surface area (Å²) in [6.45, 7) is 2.64. The van der Waals surface area contributed by atoms with Crippen molar-refractivity contribution >= 4 is 22.4 Å². The lowest BCUT2D eigenvalue weighted by atomic mass is 10.0. The van der Waals surface area contributed by atoms with Crippen molar-refractivity contribution in [3.05, 3.63) is 10.6 Å². The molecule has 1 unspecified atom stereocenters. The number of carboxylic acids is 1. The van der Waals surface area contributed by atoms with Gasteiger partial charge in [0.2, 0.25) is 0 Å². The summed E-state index contributed by atoms with van der Waals surface area (Å²) < 4.78 is 38.1. The molecular formula is C13H17F3N2O2S. The highest BCUT2D eigenvalue weighted by Crippen LogP contribution is 2.39. The predicted molar refractivity (Wildman–Crippen MR) is 74.2 cm³/mol. The summed E-state index contributed by atoms with van der Waals surface area (Å²) in [6.07, 6.45) is -2.26. The second-order valence-corrected chi connectivity index (χ2v) is 6.28. The molecule has 1 saturated carbocycles. The Balaban J connectivity index is 2.35. The van der Waals surface area contributed by atoms with Crippen molar-refractivity contribution in [2.75, 3.05) is 11.4 Å². The van der Waals surface area contributed by atoms with Crippen molar-refractivity contribution in [2.45, 2.75) is 51.2 Å². The smallest absolute Gasteiger partial charge is 0.406 e. The van der Waals surface area contributed by atoms with Crippen LogP contribution >= 0.6 is 11.3 Å². The number of carbonyl (C=O) groups is 1. The molecule has 0 radical (unpaired) electrons. The van der Waals surface area contributed by atoms with Gasteiger partial charge in [-0.2, -0.15) is 13.2 Å². The number of alkyl halides is 3. The van der Waals surface area contributed by atoms with Crippen molar-refractivity contribution in [3.63, 3.8) is 0 Å². The lowest BCUT2D eigenvalue weighted by Crippen LogP contribution is -2.35. The van der Waals surface area contributed by atoms with Crippen LogP contribution in [0.4, 0.5) is 18.3 Å². The third kappa shape index (κ3) is 3.87. The van der Waals surface area contributed by atoms with Crippen molar-refractivity contribution in [1.82, 2.24) is 4.98 Å². The van der Waals surface area contributed by atoms with Crippen molar-refractivity contribution in [2.24, 2.45) is 0 Å². The van der Waals surface area contributed by atoms with Crippen LogP contribution in [0.2, 0.25) is 0 Å². The van der Waals surface area contributed by atoms with Crippen LogP contribution in [-0.4, -0.2) is 34.8 Å². The van der Waals surface area contributed by atoms with Crippen LogP contribution in [0.15, 0.2) is 0 Å². The molecule has 2 rings (SSSR count). The van der Waals surface area contributed by atoms with E-state index in [2.05, 4.69) is 4.98 Å². The minimum absolute atomic E-state index is 0.0483. The van der Waals surface area contributed by atoms with Gasteiger partial charge in [0.05, 0.1) is 5.69 Å². The Morgan fingerprint density at radius 1 is 1.52 bits per heavy atom. The van der Waals surface area contributed by atoms with Crippen LogP contribution in [0.5, 0.6) is 0 Å². The summed E-state index contributed by atoms with van der Waals surface area (Å²) >= 11 is 0.844. The summed E-state index contributed by atoms with van der Waals surface area (Å²) in [4.78, 5) is 16.7. The second kappa shape index (κ2) is 5.82. The van der Waals surface area contributed by atoms with Gasteiger partial charge in [0, 0.05) is 6.04 Å². The van der Waals surface area contributed by atoms with Gasteiger partial charge in [0.1, 0.15) is 11.4 Å². The monoisotopic (exact) mass is 322 g/mol. The first-order chi connectivity index (χ1) is 9.73. The number of aromatic carboxylic acids is 1. The SMILES string of the molecule is CCC(C)c1nc(N(CC(F)(F)F)C2CC2)sc1C(=O)O. The van der Waals surface area contributed by atoms with Gasteiger partial charge in [-0.3, -0.25) is 0 Å². The van der Waals surface area contributed by atoms with Gasteiger partial charge >= 0.3 is 12.1 Å². The van der Waals surface area contributed by atoms with Gasteiger partial charge in [0.15, 0.2) is 5.13 Å². The maximum atomic E-state index is 12.7. The molecule has 1 aromatic heterocycles. The maximum Gasteiger partial charge on any atom is 0.406 e. The molecule has 4 nitrogen and oxygen atoms in total. The molecule has 0 bridgehead atoms. The minimum Gasteiger partial charge on any atom is -0.477 e. The molecule has 0 spiro atoms. The maximum absolute atomic E-state index is 12.7. The average molecular weight is 322 g/mol. The number of hydrogen-bond donors (Lipinski definition) is 1. The molecule has 1 aliphatic carbocycles. The minimum atomic E-state index is -4.33. The molecule has 1 heterocycles. The number of aromatic nitrogens is 1. The first-order valence-corrected chi connectivity index (χ1v) is 7.62. The quantitative estimate of drug-likeness (QED) is 0.863. The molecular weight excluding hydrogens is 305 g/mol. The van der Waals surface area contributed by atoms with E-state index in [1.807, 2.05) is 13.8 Å². The van der Waals surface area contributed by atoms with Crippen LogP contribution in [0, 0.1) is 0 Å². The predicted octanol–water partition coefficient (Wildman–Crippen LogP) is 3.89. The van der Waals surface area contributed by atoms with Crippen LogP contribution in [-0.2, 0) is 0 Å². The Morgan fingerprint density at radius 3 is 2.57 bits per heavy atom. The Morgan fingerprint density at radius 2 is 2.14 bits per heavy atom. The van der Waals surface area contributed by atoms with Crippen molar-refractivity contribution in [1.29, 1.82) is 0 Å². The highest BCUT2D eigenvalue weighted by molar-refractivity contribution is 7.17. The topological polar surface area (TPSA) is 53.4 Å². The van der Waals surface area contributed by atoms with E-state index in [0.717, 1.165) is 11.3 Å². The number of rotatable bonds is 6. The molecule has 1 aromatic rings. The third-order valence-corrected chi connectivity index (χ3v) is 4.59. The molecule has 0 aromatic carbocycles. The first kappa shape index (κ1) is 16.1. The Bertz CT molecular complexity index is 526. The summed E-state index contributed by atoms with van der Waals surface area (Å²) in [7, 11) is 0. The molecule has 1 atom stereocenters. The number of hydrogen-bond acceptors (Lipinski definition) is 4. The normalized spacial score (nSPS) is 16.8. The van der Waals surface area contributed by atoms with E-state index < -0.39 is 18.7 Å². The molecule has 21 heavy (non-hydrogen) atoms. The van der Waals surface area contributed by atoms with Crippen molar-refractivity contribution in [3.8, 4) is 0 Å². The van der Waals surface area contributed by atoms with Gasteiger partial charge < -0.3 is 10.0 Å². The van der Waals surface area contributed by atoms with Crippen LogP contribution < -0.4 is 4.90 Å². The summed E-state index contributed by atoms with van der Waals surface area (Å²) in [5.74, 6) is -1.22. The number of nitrogens with zero attached hydrogens (tertiary/aromatic N) is 2. The van der Waals surface area contributed by atoms with Gasteiger partial charge in [-0.05, 0) is 25.2 Å². The van der Waals surface area contributed by atoms with E-state index >= 15 is 0 Å². The Kier molecular flexibility index (Phi) is 4.46. The lowest BCUT2D eigenvalue weighted by Gasteiger charge is -2.22. The van der Waals surface area contributed by atoms with E-state index in [0.29, 0.717) is 25.0 Å². The van der Waals surface area contributed by atoms with Gasteiger partial charge in [-0.15, -0.1) is 0 Å². The fourth-order valence-electron chi connectivity index (χ4n) is 2.06. The fourth-order valence-corrected chi connectivity index (χ4v) is 3.15.